The van der Waals surface area contributed by atoms with Crippen LogP contribution in [0, 0.1) is 0 Å². The molecule has 3 nitrogen and oxygen atoms in total. The third-order valence-corrected chi connectivity index (χ3v) is 10.1. The smallest absolute Gasteiger partial charge is 0.217 e. The molecule has 0 fully saturated rings. The largest absolute Gasteiger partial charge is 0.241 e. The number of rotatable bonds is 2. The van der Waals surface area contributed by atoms with Gasteiger partial charge in [-0.2, -0.15) is 5.10 Å². The highest BCUT2D eigenvalue weighted by atomic mass is 32.1. The van der Waals surface area contributed by atoms with E-state index in [4.69, 9.17) is 5.10 Å². The van der Waals surface area contributed by atoms with Crippen molar-refractivity contribution in [1.82, 2.24) is 5.10 Å². The van der Waals surface area contributed by atoms with Gasteiger partial charge in [-0.1, -0.05) is 115 Å². The Bertz CT molecular complexity index is 2580. The van der Waals surface area contributed by atoms with Crippen LogP contribution in [0.1, 0.15) is 0 Å². The summed E-state index contributed by atoms with van der Waals surface area (Å²) in [5, 5.41) is 16.4. The van der Waals surface area contributed by atoms with Crippen molar-refractivity contribution in [3.05, 3.63) is 140 Å². The summed E-state index contributed by atoms with van der Waals surface area (Å²) in [7, 11) is 0. The van der Waals surface area contributed by atoms with E-state index in [1.165, 1.54) is 52.8 Å². The van der Waals surface area contributed by atoms with Crippen molar-refractivity contribution in [2.45, 2.75) is 0 Å². The highest BCUT2D eigenvalue weighted by molar-refractivity contribution is 7.25. The second-order valence-electron chi connectivity index (χ2n) is 11.2. The van der Waals surface area contributed by atoms with Crippen molar-refractivity contribution in [1.29, 1.82) is 0 Å². The quantitative estimate of drug-likeness (QED) is 0.195. The molecule has 7 aromatic carbocycles. The Morgan fingerprint density at radius 2 is 1.28 bits per heavy atom. The van der Waals surface area contributed by atoms with Gasteiger partial charge in [0, 0.05) is 37.1 Å². The highest BCUT2D eigenvalue weighted by Crippen LogP contribution is 2.49. The van der Waals surface area contributed by atoms with E-state index < -0.39 is 0 Å². The van der Waals surface area contributed by atoms with Crippen LogP contribution in [0.4, 0.5) is 11.4 Å². The van der Waals surface area contributed by atoms with Gasteiger partial charge in [-0.25, -0.2) is 5.01 Å². The fourth-order valence-corrected chi connectivity index (χ4v) is 8.21. The SMILES string of the molecule is c1ccc2c3c(ccc2c1)N([n+]1[n-]c2ccccc2c1-c1ccc2c(c1)sc1ccccc12)c1cccc2cccc-3c12. The third-order valence-electron chi connectivity index (χ3n) is 8.92. The standard InChI is InChI=1S/C39H23N3S/c1-2-12-27-24(9-1)20-22-34-38(27)31-15-7-10-25-11-8-17-33(37(25)31)41(34)42-39(30-14-3-5-16-32(30)40-42)26-19-21-29-28-13-4-6-18-35(28)43-36(29)23-26/h1-23H. The Morgan fingerprint density at radius 1 is 0.535 bits per heavy atom. The average molecular weight is 566 g/mol. The number of aromatic nitrogens is 2. The maximum Gasteiger partial charge on any atom is 0.241 e. The molecule has 1 aliphatic heterocycles. The Balaban J connectivity index is 1.33. The van der Waals surface area contributed by atoms with Crippen LogP contribution in [0.15, 0.2) is 140 Å². The van der Waals surface area contributed by atoms with Crippen molar-refractivity contribution in [2.24, 2.45) is 0 Å². The Hall–Kier alpha value is -5.45. The lowest BCUT2D eigenvalue weighted by Crippen LogP contribution is -2.56. The van der Waals surface area contributed by atoms with E-state index in [1.807, 2.05) is 11.3 Å². The van der Waals surface area contributed by atoms with Gasteiger partial charge in [0.25, 0.3) is 0 Å². The first-order chi connectivity index (χ1) is 21.3. The molecule has 0 bridgehead atoms. The number of thiophene rings is 1. The number of anilines is 2. The molecule has 0 spiro atoms. The second kappa shape index (κ2) is 8.54. The van der Waals surface area contributed by atoms with E-state index in [2.05, 4.69) is 149 Å². The molecule has 0 saturated carbocycles. The molecule has 1 aliphatic rings. The minimum atomic E-state index is 0.974. The maximum atomic E-state index is 5.32. The summed E-state index contributed by atoms with van der Waals surface area (Å²) in [5.41, 5.74) is 7.98. The van der Waals surface area contributed by atoms with Crippen LogP contribution >= 0.6 is 11.3 Å². The summed E-state index contributed by atoms with van der Waals surface area (Å²) in [6.07, 6.45) is 0. The minimum absolute atomic E-state index is 0.974. The molecule has 0 radical (unpaired) electrons. The fraction of sp³-hybridized carbons (Fsp3) is 0. The van der Waals surface area contributed by atoms with Crippen LogP contribution in [0.2, 0.25) is 0 Å². The zero-order chi connectivity index (χ0) is 28.1. The summed E-state index contributed by atoms with van der Waals surface area (Å²) in [6.45, 7) is 0. The normalized spacial score (nSPS) is 12.6. The molecule has 9 aromatic rings. The molecule has 0 amide bonds. The van der Waals surface area contributed by atoms with E-state index in [-0.39, 0.29) is 0 Å². The van der Waals surface area contributed by atoms with Gasteiger partial charge in [-0.3, -0.25) is 0 Å². The van der Waals surface area contributed by atoms with Gasteiger partial charge in [0.15, 0.2) is 0 Å². The van der Waals surface area contributed by atoms with Crippen LogP contribution in [-0.2, 0) is 0 Å². The molecular weight excluding hydrogens is 543 g/mol. The zero-order valence-corrected chi connectivity index (χ0v) is 23.8. The van der Waals surface area contributed by atoms with Gasteiger partial charge in [0.05, 0.1) is 10.9 Å². The molecule has 4 heteroatoms. The number of hydrogen-bond donors (Lipinski definition) is 0. The topological polar surface area (TPSA) is 21.2 Å². The zero-order valence-electron chi connectivity index (χ0n) is 23.0. The van der Waals surface area contributed by atoms with E-state index >= 15 is 0 Å². The number of nitrogens with zero attached hydrogens (tertiary/aromatic N) is 3. The second-order valence-corrected chi connectivity index (χ2v) is 12.3. The minimum Gasteiger partial charge on any atom is -0.217 e. The first kappa shape index (κ1) is 23.1. The Kier molecular flexibility index (Phi) is 4.60. The molecule has 10 rings (SSSR count). The van der Waals surface area contributed by atoms with Crippen molar-refractivity contribution >= 4 is 75.3 Å². The van der Waals surface area contributed by atoms with Gasteiger partial charge < -0.3 is 0 Å². The van der Waals surface area contributed by atoms with E-state index in [0.29, 0.717) is 0 Å². The van der Waals surface area contributed by atoms with Gasteiger partial charge in [0.1, 0.15) is 0 Å². The summed E-state index contributed by atoms with van der Waals surface area (Å²) < 4.78 is 2.60. The molecule has 0 N–H and O–H groups in total. The van der Waals surface area contributed by atoms with E-state index in [0.717, 1.165) is 33.5 Å². The van der Waals surface area contributed by atoms with Crippen LogP contribution in [0.5, 0.6) is 0 Å². The predicted molar refractivity (Wildman–Crippen MR) is 180 cm³/mol. The van der Waals surface area contributed by atoms with Crippen molar-refractivity contribution in [3.8, 4) is 22.4 Å². The summed E-state index contributed by atoms with van der Waals surface area (Å²) >= 11 is 1.85. The number of fused-ring (bicyclic) bond motifs is 8. The molecule has 2 aromatic heterocycles. The van der Waals surface area contributed by atoms with Crippen molar-refractivity contribution in [2.75, 3.05) is 5.01 Å². The van der Waals surface area contributed by atoms with Crippen LogP contribution < -0.4 is 14.9 Å². The van der Waals surface area contributed by atoms with Gasteiger partial charge in [0.2, 0.25) is 5.69 Å². The fourth-order valence-electron chi connectivity index (χ4n) is 7.07. The van der Waals surface area contributed by atoms with Gasteiger partial charge in [-0.15, -0.1) is 16.1 Å². The molecule has 43 heavy (non-hydrogen) atoms. The van der Waals surface area contributed by atoms with E-state index in [1.54, 1.807) is 0 Å². The van der Waals surface area contributed by atoms with E-state index in [9.17, 15) is 0 Å². The number of hydrogen-bond acceptors (Lipinski definition) is 2. The maximum absolute atomic E-state index is 5.32. The van der Waals surface area contributed by atoms with Crippen LogP contribution in [0.25, 0.3) is 75.0 Å². The average Bonchev–Trinajstić information content (AvgIpc) is 3.63. The Labute approximate surface area is 251 Å². The van der Waals surface area contributed by atoms with Crippen molar-refractivity contribution in [3.63, 3.8) is 0 Å². The first-order valence-electron chi connectivity index (χ1n) is 14.6. The van der Waals surface area contributed by atoms with Crippen molar-refractivity contribution < 1.29 is 4.79 Å². The van der Waals surface area contributed by atoms with Crippen LogP contribution in [0.3, 0.4) is 0 Å². The monoisotopic (exact) mass is 565 g/mol. The third kappa shape index (κ3) is 3.16. The molecule has 200 valence electrons. The Morgan fingerprint density at radius 3 is 2.21 bits per heavy atom. The summed E-state index contributed by atoms with van der Waals surface area (Å²) in [6, 6.07) is 50.6. The molecule has 0 unspecified atom stereocenters. The molecule has 3 heterocycles. The molecule has 0 aliphatic carbocycles. The lowest BCUT2D eigenvalue weighted by atomic mass is 9.88. The lowest BCUT2D eigenvalue weighted by Gasteiger charge is -2.34. The number of benzene rings is 7. The van der Waals surface area contributed by atoms with Crippen LogP contribution in [-0.4, -0.2) is 0 Å². The highest BCUT2D eigenvalue weighted by Gasteiger charge is 2.30. The predicted octanol–water partition coefficient (Wildman–Crippen LogP) is 10.0. The summed E-state index contributed by atoms with van der Waals surface area (Å²) in [5.74, 6) is 0. The summed E-state index contributed by atoms with van der Waals surface area (Å²) in [4.78, 5) is 2.15. The van der Waals surface area contributed by atoms with Gasteiger partial charge in [-0.05, 0) is 56.9 Å². The molecular formula is C39H23N3S. The molecule has 0 saturated heterocycles. The molecule has 0 atom stereocenters. The lowest BCUT2D eigenvalue weighted by molar-refractivity contribution is -0.722. The first-order valence-corrected chi connectivity index (χ1v) is 15.4. The van der Waals surface area contributed by atoms with Gasteiger partial charge >= 0.3 is 0 Å².